The van der Waals surface area contributed by atoms with E-state index < -0.39 is 11.9 Å². The molecular formula is C15H24N2O3. The van der Waals surface area contributed by atoms with Crippen molar-refractivity contribution in [2.45, 2.75) is 51.1 Å². The van der Waals surface area contributed by atoms with Crippen molar-refractivity contribution in [3.8, 4) is 0 Å². The van der Waals surface area contributed by atoms with E-state index in [2.05, 4.69) is 12.2 Å². The minimum atomic E-state index is -0.826. The molecule has 2 aliphatic rings. The van der Waals surface area contributed by atoms with Crippen LogP contribution in [0, 0.1) is 11.8 Å². The van der Waals surface area contributed by atoms with Crippen LogP contribution >= 0.6 is 0 Å². The highest BCUT2D eigenvalue weighted by Gasteiger charge is 2.29. The number of carbonyl (C=O) groups excluding carboxylic acids is 1. The van der Waals surface area contributed by atoms with Gasteiger partial charge in [0.25, 0.3) is 0 Å². The molecule has 0 spiro atoms. The summed E-state index contributed by atoms with van der Waals surface area (Å²) in [7, 11) is 1.84. The van der Waals surface area contributed by atoms with Gasteiger partial charge in [-0.3, -0.25) is 4.79 Å². The second-order valence-corrected chi connectivity index (χ2v) is 6.16. The first kappa shape index (κ1) is 14.9. The second-order valence-electron chi connectivity index (χ2n) is 6.16. The fourth-order valence-electron chi connectivity index (χ4n) is 3.17. The number of nitrogens with zero attached hydrogens (tertiary/aromatic N) is 1. The van der Waals surface area contributed by atoms with Gasteiger partial charge in [0, 0.05) is 13.1 Å². The van der Waals surface area contributed by atoms with Gasteiger partial charge in [-0.25, -0.2) is 4.79 Å². The van der Waals surface area contributed by atoms with Crippen LogP contribution in [0.1, 0.15) is 39.0 Å². The van der Waals surface area contributed by atoms with E-state index in [1.807, 2.05) is 7.05 Å². The Balaban J connectivity index is 1.83. The van der Waals surface area contributed by atoms with Crippen LogP contribution in [-0.2, 0) is 4.79 Å². The average molecular weight is 280 g/mol. The Morgan fingerprint density at radius 3 is 2.60 bits per heavy atom. The molecule has 0 aromatic rings. The van der Waals surface area contributed by atoms with E-state index in [-0.39, 0.29) is 12.1 Å². The largest absolute Gasteiger partial charge is 0.481 e. The van der Waals surface area contributed by atoms with Gasteiger partial charge in [-0.15, -0.1) is 0 Å². The van der Waals surface area contributed by atoms with Crippen LogP contribution in [0.5, 0.6) is 0 Å². The molecule has 2 N–H and O–H groups in total. The minimum absolute atomic E-state index is 0.0928. The summed E-state index contributed by atoms with van der Waals surface area (Å²) in [5.41, 5.74) is 0. The molecule has 0 heterocycles. The van der Waals surface area contributed by atoms with Gasteiger partial charge >= 0.3 is 12.0 Å². The summed E-state index contributed by atoms with van der Waals surface area (Å²) < 4.78 is 0. The van der Waals surface area contributed by atoms with Crippen molar-refractivity contribution in [3.05, 3.63) is 12.2 Å². The van der Waals surface area contributed by atoms with Crippen LogP contribution in [0.25, 0.3) is 0 Å². The Morgan fingerprint density at radius 1 is 1.25 bits per heavy atom. The Morgan fingerprint density at radius 2 is 2.00 bits per heavy atom. The van der Waals surface area contributed by atoms with E-state index >= 15 is 0 Å². The van der Waals surface area contributed by atoms with Crippen molar-refractivity contribution in [2.24, 2.45) is 11.8 Å². The number of amides is 2. The molecule has 1 fully saturated rings. The monoisotopic (exact) mass is 280 g/mol. The van der Waals surface area contributed by atoms with Crippen LogP contribution in [-0.4, -0.2) is 41.1 Å². The number of carboxylic acids is 1. The Bertz CT molecular complexity index is 408. The third-order valence-corrected chi connectivity index (χ3v) is 4.49. The van der Waals surface area contributed by atoms with Crippen LogP contribution < -0.4 is 5.32 Å². The maximum atomic E-state index is 12.2. The summed E-state index contributed by atoms with van der Waals surface area (Å²) in [4.78, 5) is 24.9. The molecule has 5 heteroatoms. The normalized spacial score (nSPS) is 32.9. The molecule has 2 rings (SSSR count). The van der Waals surface area contributed by atoms with Crippen molar-refractivity contribution in [1.82, 2.24) is 10.2 Å². The van der Waals surface area contributed by atoms with Gasteiger partial charge in [0.05, 0.1) is 12.0 Å². The summed E-state index contributed by atoms with van der Waals surface area (Å²) in [5.74, 6) is -0.625. The van der Waals surface area contributed by atoms with E-state index in [4.69, 9.17) is 5.11 Å². The smallest absolute Gasteiger partial charge is 0.317 e. The fraction of sp³-hybridized carbons (Fsp3) is 0.733. The molecule has 0 aliphatic heterocycles. The van der Waals surface area contributed by atoms with Gasteiger partial charge in [0.2, 0.25) is 0 Å². The van der Waals surface area contributed by atoms with Gasteiger partial charge in [0.1, 0.15) is 0 Å². The van der Waals surface area contributed by atoms with Gasteiger partial charge < -0.3 is 15.3 Å². The predicted octanol–water partition coefficient (Wildman–Crippen LogP) is 2.24. The first-order valence-corrected chi connectivity index (χ1v) is 7.42. The first-order chi connectivity index (χ1) is 9.47. The zero-order valence-electron chi connectivity index (χ0n) is 12.2. The van der Waals surface area contributed by atoms with Crippen molar-refractivity contribution in [2.75, 3.05) is 7.05 Å². The summed E-state index contributed by atoms with van der Waals surface area (Å²) in [6.07, 6.45) is 8.44. The van der Waals surface area contributed by atoms with Gasteiger partial charge in [-0.1, -0.05) is 31.9 Å². The number of carboxylic acid groups (broad SMARTS) is 1. The second kappa shape index (κ2) is 6.29. The highest BCUT2D eigenvalue weighted by atomic mass is 16.4. The number of hydrogen-bond acceptors (Lipinski definition) is 2. The number of rotatable bonds is 3. The highest BCUT2D eigenvalue weighted by molar-refractivity contribution is 5.76. The molecule has 20 heavy (non-hydrogen) atoms. The molecule has 2 aliphatic carbocycles. The number of nitrogens with one attached hydrogen (secondary N) is 1. The lowest BCUT2D eigenvalue weighted by atomic mass is 9.86. The maximum Gasteiger partial charge on any atom is 0.317 e. The SMILES string of the molecule is CC1CCCC(N(C)C(=O)NC2C=CC(C(=O)O)C2)C1. The molecule has 0 aromatic heterocycles. The molecule has 0 saturated heterocycles. The lowest BCUT2D eigenvalue weighted by Gasteiger charge is -2.34. The molecule has 0 radical (unpaired) electrons. The zero-order chi connectivity index (χ0) is 14.7. The molecule has 2 amide bonds. The maximum absolute atomic E-state index is 12.2. The average Bonchev–Trinajstić information content (AvgIpc) is 2.86. The standard InChI is InChI=1S/C15H24N2O3/c1-10-4-3-5-13(8-10)17(2)15(20)16-12-7-6-11(9-12)14(18)19/h6-7,10-13H,3-5,8-9H2,1-2H3,(H,16,20)(H,18,19). The van der Waals surface area contributed by atoms with Gasteiger partial charge in [-0.2, -0.15) is 0 Å². The minimum Gasteiger partial charge on any atom is -0.481 e. The summed E-state index contributed by atoms with van der Waals surface area (Å²) >= 11 is 0. The van der Waals surface area contributed by atoms with Crippen LogP contribution in [0.3, 0.4) is 0 Å². The third kappa shape index (κ3) is 3.52. The number of urea groups is 1. The van der Waals surface area contributed by atoms with Crippen molar-refractivity contribution >= 4 is 12.0 Å². The predicted molar refractivity (Wildman–Crippen MR) is 76.4 cm³/mol. The zero-order valence-corrected chi connectivity index (χ0v) is 12.2. The molecule has 1 saturated carbocycles. The van der Waals surface area contributed by atoms with Crippen molar-refractivity contribution in [1.29, 1.82) is 0 Å². The topological polar surface area (TPSA) is 69.6 Å². The van der Waals surface area contributed by atoms with E-state index in [1.54, 1.807) is 17.1 Å². The molecular weight excluding hydrogens is 256 g/mol. The van der Waals surface area contributed by atoms with E-state index in [0.29, 0.717) is 18.4 Å². The Labute approximate surface area is 120 Å². The first-order valence-electron chi connectivity index (χ1n) is 7.42. The summed E-state index contributed by atoms with van der Waals surface area (Å²) in [6.45, 7) is 2.23. The Kier molecular flexibility index (Phi) is 4.68. The lowest BCUT2D eigenvalue weighted by molar-refractivity contribution is -0.140. The van der Waals surface area contributed by atoms with Crippen LogP contribution in [0.15, 0.2) is 12.2 Å². The van der Waals surface area contributed by atoms with Crippen molar-refractivity contribution in [3.63, 3.8) is 0 Å². The highest BCUT2D eigenvalue weighted by Crippen LogP contribution is 2.27. The molecule has 0 bridgehead atoms. The fourth-order valence-corrected chi connectivity index (χ4v) is 3.17. The molecule has 112 valence electrons. The quantitative estimate of drug-likeness (QED) is 0.779. The molecule has 5 nitrogen and oxygen atoms in total. The third-order valence-electron chi connectivity index (χ3n) is 4.49. The van der Waals surface area contributed by atoms with E-state index in [0.717, 1.165) is 12.8 Å². The number of aliphatic carboxylic acids is 1. The summed E-state index contributed by atoms with van der Waals surface area (Å²) in [5, 5.41) is 11.8. The number of hydrogen-bond donors (Lipinski definition) is 2. The van der Waals surface area contributed by atoms with E-state index in [1.165, 1.54) is 12.8 Å². The number of carbonyl (C=O) groups is 2. The van der Waals surface area contributed by atoms with Gasteiger partial charge in [0.15, 0.2) is 0 Å². The molecule has 0 aromatic carbocycles. The van der Waals surface area contributed by atoms with E-state index in [9.17, 15) is 9.59 Å². The summed E-state index contributed by atoms with van der Waals surface area (Å²) in [6, 6.07) is 0.0521. The lowest BCUT2D eigenvalue weighted by Crippen LogP contribution is -2.47. The van der Waals surface area contributed by atoms with Gasteiger partial charge in [-0.05, 0) is 25.2 Å². The Hall–Kier alpha value is -1.52. The van der Waals surface area contributed by atoms with Crippen LogP contribution in [0.2, 0.25) is 0 Å². The molecule has 4 unspecified atom stereocenters. The van der Waals surface area contributed by atoms with Crippen LogP contribution in [0.4, 0.5) is 4.79 Å². The van der Waals surface area contributed by atoms with Crippen molar-refractivity contribution < 1.29 is 14.7 Å². The molecule has 4 atom stereocenters.